The van der Waals surface area contributed by atoms with Gasteiger partial charge in [0.1, 0.15) is 60.4 Å². The van der Waals surface area contributed by atoms with Gasteiger partial charge in [0.25, 0.3) is 0 Å². The first-order valence-electron chi connectivity index (χ1n) is 36.8. The lowest BCUT2D eigenvalue weighted by Gasteiger charge is -2.38. The molecule has 0 aliphatic carbocycles. The van der Waals surface area contributed by atoms with E-state index < -0.39 is 156 Å². The molecule has 0 aromatic heterocycles. The molecular weight excluding hydrogens is 1320 g/mol. The number of rotatable bonds is 21. The van der Waals surface area contributed by atoms with Gasteiger partial charge in [-0.2, -0.15) is 0 Å². The van der Waals surface area contributed by atoms with E-state index in [1.165, 1.54) is 80.6 Å². The summed E-state index contributed by atoms with van der Waals surface area (Å²) in [6, 6.07) is 4.21. The quantitative estimate of drug-likeness (QED) is 0.112. The van der Waals surface area contributed by atoms with Crippen LogP contribution in [0.25, 0.3) is 0 Å². The van der Waals surface area contributed by atoms with E-state index >= 15 is 33.6 Å². The number of nitrogens with zero attached hydrogens (tertiary/aromatic N) is 9. The summed E-state index contributed by atoms with van der Waals surface area (Å²) in [5.41, 5.74) is 1.31. The normalized spacial score (nSPS) is 24.7. The topological polar surface area (TPSA) is 312 Å². The average Bonchev–Trinajstić information content (AvgIpc) is 0.816. The third kappa shape index (κ3) is 26.0. The molecule has 12 amide bonds. The van der Waals surface area contributed by atoms with E-state index in [0.717, 1.165) is 16.2 Å². The number of amides is 12. The molecule has 27 nitrogen and oxygen atoms in total. The molecule has 2 aromatic carbocycles. The summed E-state index contributed by atoms with van der Waals surface area (Å²) in [6.45, 7) is 19.4. The molecule has 103 heavy (non-hydrogen) atoms. The third-order valence-electron chi connectivity index (χ3n) is 19.5. The number of hydrogen-bond acceptors (Lipinski definition) is 15. The molecule has 2 aliphatic heterocycles. The summed E-state index contributed by atoms with van der Waals surface area (Å²) in [5.74, 6) is -9.99. The number of aliphatic hydroxyl groups is 1. The molecule has 2 fully saturated rings. The van der Waals surface area contributed by atoms with Crippen molar-refractivity contribution in [3.05, 3.63) is 71.8 Å². The van der Waals surface area contributed by atoms with E-state index in [4.69, 9.17) is 4.74 Å². The zero-order valence-corrected chi connectivity index (χ0v) is 64.9. The number of benzene rings is 2. The van der Waals surface area contributed by atoms with E-state index in [1.54, 1.807) is 79.4 Å². The number of carbonyl (C=O) groups is 12. The van der Waals surface area contributed by atoms with Crippen LogP contribution in [0.2, 0.25) is 0 Å². The Morgan fingerprint density at radius 1 is 0.544 bits per heavy atom. The van der Waals surface area contributed by atoms with Gasteiger partial charge in [-0.3, -0.25) is 57.5 Å². The Kier molecular flexibility index (Phi) is 35.7. The van der Waals surface area contributed by atoms with E-state index in [2.05, 4.69) is 21.3 Å². The summed E-state index contributed by atoms with van der Waals surface area (Å²) >= 11 is 0. The fraction of sp³-hybridized carbons (Fsp3) is 0.684. The Morgan fingerprint density at radius 3 is 1.55 bits per heavy atom. The summed E-state index contributed by atoms with van der Waals surface area (Å²) in [7, 11) is 12.2. The molecular formula is C76H123N13O14. The number of likely N-dealkylation sites (tertiary alicyclic amines) is 1. The van der Waals surface area contributed by atoms with Gasteiger partial charge < -0.3 is 75.2 Å². The number of carbonyl (C=O) groups excluding carboxylic acids is 12. The maximum Gasteiger partial charge on any atom is 0.248 e. The zero-order valence-electron chi connectivity index (χ0n) is 64.9. The minimum atomic E-state index is -1.67. The van der Waals surface area contributed by atoms with E-state index in [9.17, 15) is 29.1 Å². The lowest BCUT2D eigenvalue weighted by atomic mass is 9.96. The molecule has 27 heteroatoms. The number of nitrogens with one attached hydrogen (secondary N) is 4. The van der Waals surface area contributed by atoms with Gasteiger partial charge in [0.05, 0.1) is 32.3 Å². The minimum Gasteiger partial charge on any atom is -0.391 e. The SMILES string of the molecule is CCCCN1CC(=O)N(C)[C@@H](C(C)C)C(=O)N[C@H](C(=O)N2CCCCC2)CC(=O)N(C)[C@@H](C)C(=O)N[C@@H](COCCN(C)C)C(=O)N(C)[C@@H](CC(C)C)C(=O)N(C)[C@@H](Cc2ccccc2)C(=O)N[C@@H](CC(C)C)C(=O)N(C)[C@@H](Cc2ccccc2)C(=O)N(C)[C@@H](CC(C)C)C(=O)N[C@@H](C(C)O)C1=O. The van der Waals surface area contributed by atoms with Crippen molar-refractivity contribution in [2.45, 2.75) is 213 Å². The Morgan fingerprint density at radius 2 is 1.03 bits per heavy atom. The Bertz CT molecular complexity index is 3130. The number of ether oxygens (including phenoxy) is 1. The van der Waals surface area contributed by atoms with Gasteiger partial charge in [0, 0.05) is 81.3 Å². The molecule has 4 rings (SSSR count). The fourth-order valence-corrected chi connectivity index (χ4v) is 13.0. The second kappa shape index (κ2) is 42.0. The maximum atomic E-state index is 15.6. The number of unbranched alkanes of at least 4 members (excludes halogenated alkanes) is 1. The highest BCUT2D eigenvalue weighted by molar-refractivity contribution is 6.00. The van der Waals surface area contributed by atoms with E-state index in [1.807, 2.05) is 67.5 Å². The summed E-state index contributed by atoms with van der Waals surface area (Å²) in [5, 5.41) is 22.8. The zero-order chi connectivity index (χ0) is 77.3. The van der Waals surface area contributed by atoms with Gasteiger partial charge in [-0.05, 0) is 108 Å². The van der Waals surface area contributed by atoms with Crippen molar-refractivity contribution in [2.24, 2.45) is 23.7 Å². The van der Waals surface area contributed by atoms with Crippen LogP contribution in [0.4, 0.5) is 0 Å². The van der Waals surface area contributed by atoms with Gasteiger partial charge in [-0.15, -0.1) is 0 Å². The monoisotopic (exact) mass is 1440 g/mol. The number of piperidine rings is 1. The van der Waals surface area contributed by atoms with Gasteiger partial charge >= 0.3 is 0 Å². The predicted octanol–water partition coefficient (Wildman–Crippen LogP) is 3.19. The highest BCUT2D eigenvalue weighted by Gasteiger charge is 2.44. The first-order chi connectivity index (χ1) is 48.4. The van der Waals surface area contributed by atoms with Gasteiger partial charge in [-0.1, -0.05) is 129 Å². The maximum absolute atomic E-state index is 15.6. The third-order valence-corrected chi connectivity index (χ3v) is 19.5. The molecule has 2 aromatic rings. The van der Waals surface area contributed by atoms with Crippen molar-refractivity contribution in [3.63, 3.8) is 0 Å². The second-order valence-electron chi connectivity index (χ2n) is 30.0. The van der Waals surface area contributed by atoms with Crippen molar-refractivity contribution < 1.29 is 67.4 Å². The van der Waals surface area contributed by atoms with Crippen LogP contribution in [-0.2, 0) is 75.1 Å². The fourth-order valence-electron chi connectivity index (χ4n) is 13.0. The smallest absolute Gasteiger partial charge is 0.248 e. The van der Waals surface area contributed by atoms with Gasteiger partial charge in [0.15, 0.2) is 0 Å². The van der Waals surface area contributed by atoms with Crippen molar-refractivity contribution in [1.82, 2.24) is 65.4 Å². The van der Waals surface area contributed by atoms with E-state index in [-0.39, 0.29) is 69.6 Å². The summed E-state index contributed by atoms with van der Waals surface area (Å²) < 4.78 is 6.04. The molecule has 1 unspecified atom stereocenters. The highest BCUT2D eigenvalue weighted by atomic mass is 16.5. The van der Waals surface area contributed by atoms with Gasteiger partial charge in [-0.25, -0.2) is 0 Å². The van der Waals surface area contributed by atoms with Crippen LogP contribution in [0.1, 0.15) is 145 Å². The van der Waals surface area contributed by atoms with Gasteiger partial charge in [0.2, 0.25) is 70.9 Å². The number of hydrogen-bond donors (Lipinski definition) is 5. The van der Waals surface area contributed by atoms with E-state index in [0.29, 0.717) is 56.4 Å². The average molecular weight is 1440 g/mol. The molecule has 11 atom stereocenters. The summed E-state index contributed by atoms with van der Waals surface area (Å²) in [4.78, 5) is 193. The van der Waals surface area contributed by atoms with Crippen LogP contribution in [-0.4, -0.2) is 289 Å². The molecule has 5 N–H and O–H groups in total. The molecule has 2 heterocycles. The second-order valence-corrected chi connectivity index (χ2v) is 30.0. The molecule has 0 bridgehead atoms. The first kappa shape index (κ1) is 87.4. The lowest BCUT2D eigenvalue weighted by molar-refractivity contribution is -0.152. The molecule has 0 radical (unpaired) electrons. The largest absolute Gasteiger partial charge is 0.391 e. The van der Waals surface area contributed by atoms with Crippen LogP contribution in [0, 0.1) is 23.7 Å². The van der Waals surface area contributed by atoms with Crippen LogP contribution in [0.3, 0.4) is 0 Å². The predicted molar refractivity (Wildman–Crippen MR) is 394 cm³/mol. The molecule has 2 saturated heterocycles. The minimum absolute atomic E-state index is 0.0154. The lowest BCUT2D eigenvalue weighted by Crippen LogP contribution is -2.62. The molecule has 2 aliphatic rings. The Balaban J connectivity index is 2.01. The Hall–Kier alpha value is -8.04. The first-order valence-corrected chi connectivity index (χ1v) is 36.8. The van der Waals surface area contributed by atoms with Crippen LogP contribution < -0.4 is 21.3 Å². The molecule has 0 spiro atoms. The Labute approximate surface area is 612 Å². The number of aliphatic hydroxyl groups excluding tert-OH is 1. The molecule has 576 valence electrons. The van der Waals surface area contributed by atoms with Crippen molar-refractivity contribution >= 4 is 70.9 Å². The van der Waals surface area contributed by atoms with Crippen molar-refractivity contribution in [2.75, 3.05) is 102 Å². The van der Waals surface area contributed by atoms with Crippen LogP contribution >= 0.6 is 0 Å². The highest BCUT2D eigenvalue weighted by Crippen LogP contribution is 2.24. The standard InChI is InChI=1S/C76H123N13O14/c1-20-21-35-89-46-64(92)87(19)66(51(8)9)70(96)78-57(73(99)88-36-29-24-30-37-88)45-63(91)82(14)52(10)67(93)79-58(47-103-39-38-81(12)13)72(98)85(17)61(42-50(6)7)74(100)84(16)60(43-54-31-25-22-26-32-54)68(94)77-56(40-48(2)3)71(97)86(18)62(44-55-33-27-23-28-34-55)75(101)83(15)59(41-49(4)5)69(95)80-65(53(11)90)76(89)102/h22-23,25-28,31-34,48-53,56-62,65-66,90H,20-21,24,29-30,35-47H2,1-19H3,(H,77,94)(H,78,96)(H,79,93)(H,80,95)/t52-,53?,56-,57-,58-,59-,60-,61-,62-,65-,66-/m0/s1. The van der Waals surface area contributed by atoms with Crippen LogP contribution in [0.15, 0.2) is 60.7 Å². The number of likely N-dealkylation sites (N-methyl/N-ethyl adjacent to an activating group) is 7. The molecule has 0 saturated carbocycles. The van der Waals surface area contributed by atoms with Crippen molar-refractivity contribution in [3.8, 4) is 0 Å². The van der Waals surface area contributed by atoms with Crippen LogP contribution in [0.5, 0.6) is 0 Å². The van der Waals surface area contributed by atoms with Crippen molar-refractivity contribution in [1.29, 1.82) is 0 Å². The summed E-state index contributed by atoms with van der Waals surface area (Å²) in [6.07, 6.45) is 1.07.